The lowest BCUT2D eigenvalue weighted by Crippen LogP contribution is -2.44. The molecule has 1 aromatic carbocycles. The van der Waals surface area contributed by atoms with Crippen LogP contribution in [0.2, 0.25) is 5.02 Å². The first-order valence-corrected chi connectivity index (χ1v) is 8.36. The third-order valence-corrected chi connectivity index (χ3v) is 4.38. The predicted octanol–water partition coefficient (Wildman–Crippen LogP) is 2.29. The van der Waals surface area contributed by atoms with Crippen LogP contribution >= 0.6 is 11.6 Å². The number of rotatable bonds is 4. The Hall–Kier alpha value is -2.08. The quantitative estimate of drug-likeness (QED) is 0.873. The molecule has 1 aromatic rings. The molecule has 1 atom stereocenters. The van der Waals surface area contributed by atoms with Crippen LogP contribution in [0.1, 0.15) is 37.0 Å². The maximum Gasteiger partial charge on any atom is 0.251 e. The topological polar surface area (TPSA) is 78.5 Å². The van der Waals surface area contributed by atoms with Gasteiger partial charge in [0.25, 0.3) is 5.91 Å². The summed E-state index contributed by atoms with van der Waals surface area (Å²) in [5.74, 6) is -0.728. The highest BCUT2D eigenvalue weighted by Crippen LogP contribution is 2.26. The summed E-state index contributed by atoms with van der Waals surface area (Å²) in [5, 5.41) is 5.62. The van der Waals surface area contributed by atoms with Crippen LogP contribution in [0.25, 0.3) is 0 Å². The van der Waals surface area contributed by atoms with Gasteiger partial charge in [-0.05, 0) is 31.0 Å². The van der Waals surface area contributed by atoms with Crippen LogP contribution in [0.3, 0.4) is 0 Å². The Morgan fingerprint density at radius 1 is 1.29 bits per heavy atom. The van der Waals surface area contributed by atoms with Gasteiger partial charge in [-0.3, -0.25) is 14.4 Å². The van der Waals surface area contributed by atoms with Gasteiger partial charge in [-0.1, -0.05) is 25.4 Å². The maximum atomic E-state index is 12.6. The van der Waals surface area contributed by atoms with E-state index < -0.39 is 6.04 Å². The van der Waals surface area contributed by atoms with Gasteiger partial charge in [0, 0.05) is 25.1 Å². The fourth-order valence-electron chi connectivity index (χ4n) is 2.76. The Balaban J connectivity index is 2.17. The van der Waals surface area contributed by atoms with Crippen molar-refractivity contribution in [3.63, 3.8) is 0 Å². The van der Waals surface area contributed by atoms with Crippen LogP contribution in [0.5, 0.6) is 0 Å². The maximum absolute atomic E-state index is 12.6. The predicted molar refractivity (Wildman–Crippen MR) is 93.0 cm³/mol. The smallest absolute Gasteiger partial charge is 0.251 e. The average molecular weight is 352 g/mol. The van der Waals surface area contributed by atoms with Gasteiger partial charge in [-0.25, -0.2) is 0 Å². The first kappa shape index (κ1) is 18.3. The highest BCUT2D eigenvalue weighted by Gasteiger charge is 2.35. The van der Waals surface area contributed by atoms with Crippen LogP contribution in [0, 0.1) is 5.92 Å². The van der Waals surface area contributed by atoms with E-state index in [1.165, 1.54) is 13.1 Å². The molecule has 7 heteroatoms. The molecule has 0 spiro atoms. The minimum Gasteiger partial charge on any atom is -0.355 e. The van der Waals surface area contributed by atoms with Crippen molar-refractivity contribution in [2.75, 3.05) is 18.9 Å². The van der Waals surface area contributed by atoms with Crippen molar-refractivity contribution in [3.05, 3.63) is 28.8 Å². The molecule has 130 valence electrons. The van der Waals surface area contributed by atoms with Crippen molar-refractivity contribution >= 4 is 35.0 Å². The summed E-state index contributed by atoms with van der Waals surface area (Å²) in [6.45, 7) is 4.22. The Kier molecular flexibility index (Phi) is 5.83. The average Bonchev–Trinajstić information content (AvgIpc) is 3.04. The molecule has 24 heavy (non-hydrogen) atoms. The zero-order valence-corrected chi connectivity index (χ0v) is 14.8. The van der Waals surface area contributed by atoms with E-state index in [0.29, 0.717) is 29.2 Å². The molecule has 2 rings (SSSR count). The van der Waals surface area contributed by atoms with E-state index in [1.54, 1.807) is 17.0 Å². The number of amides is 3. The molecule has 2 N–H and O–H groups in total. The standard InChI is InChI=1S/C17H22ClN3O3/c1-10(2)17(24)21-8-4-5-14(21)16(23)20-13-9-11(15(22)19-3)6-7-12(13)18/h6-7,9-10,14H,4-5,8H2,1-3H3,(H,19,22)(H,20,23). The lowest BCUT2D eigenvalue weighted by molar-refractivity contribution is -0.139. The summed E-state index contributed by atoms with van der Waals surface area (Å²) in [7, 11) is 1.53. The van der Waals surface area contributed by atoms with Gasteiger partial charge in [0.15, 0.2) is 0 Å². The van der Waals surface area contributed by atoms with Gasteiger partial charge in [0.1, 0.15) is 6.04 Å². The summed E-state index contributed by atoms with van der Waals surface area (Å²) in [5.41, 5.74) is 0.769. The molecule has 0 bridgehead atoms. The molecule has 3 amide bonds. The molecular formula is C17H22ClN3O3. The van der Waals surface area contributed by atoms with Crippen molar-refractivity contribution < 1.29 is 14.4 Å². The normalized spacial score (nSPS) is 17.0. The lowest BCUT2D eigenvalue weighted by atomic mass is 10.1. The van der Waals surface area contributed by atoms with E-state index in [1.807, 2.05) is 13.8 Å². The highest BCUT2D eigenvalue weighted by molar-refractivity contribution is 6.34. The highest BCUT2D eigenvalue weighted by atomic mass is 35.5. The molecule has 1 unspecified atom stereocenters. The second-order valence-corrected chi connectivity index (χ2v) is 6.51. The number of nitrogens with one attached hydrogen (secondary N) is 2. The molecule has 1 heterocycles. The number of halogens is 1. The minimum atomic E-state index is -0.500. The van der Waals surface area contributed by atoms with E-state index in [2.05, 4.69) is 10.6 Å². The molecule has 1 aliphatic heterocycles. The zero-order valence-electron chi connectivity index (χ0n) is 14.1. The van der Waals surface area contributed by atoms with Crippen LogP contribution in [-0.2, 0) is 9.59 Å². The number of carbonyl (C=O) groups excluding carboxylic acids is 3. The molecule has 0 saturated carbocycles. The fourth-order valence-corrected chi connectivity index (χ4v) is 2.92. The van der Waals surface area contributed by atoms with Crippen LogP contribution in [0.4, 0.5) is 5.69 Å². The lowest BCUT2D eigenvalue weighted by Gasteiger charge is -2.25. The minimum absolute atomic E-state index is 0.0298. The van der Waals surface area contributed by atoms with Gasteiger partial charge in [0.2, 0.25) is 11.8 Å². The molecule has 0 aromatic heterocycles. The summed E-state index contributed by atoms with van der Waals surface area (Å²) in [4.78, 5) is 38.2. The summed E-state index contributed by atoms with van der Waals surface area (Å²) in [6.07, 6.45) is 1.42. The number of carbonyl (C=O) groups is 3. The van der Waals surface area contributed by atoms with Crippen molar-refractivity contribution in [3.8, 4) is 0 Å². The van der Waals surface area contributed by atoms with E-state index in [4.69, 9.17) is 11.6 Å². The molecule has 1 saturated heterocycles. The van der Waals surface area contributed by atoms with E-state index in [-0.39, 0.29) is 23.6 Å². The van der Waals surface area contributed by atoms with Gasteiger partial charge < -0.3 is 15.5 Å². The summed E-state index contributed by atoms with van der Waals surface area (Å²) >= 11 is 6.12. The molecule has 1 fully saturated rings. The van der Waals surface area contributed by atoms with Gasteiger partial charge in [-0.15, -0.1) is 0 Å². The number of likely N-dealkylation sites (tertiary alicyclic amines) is 1. The van der Waals surface area contributed by atoms with Crippen molar-refractivity contribution in [2.24, 2.45) is 5.92 Å². The molecule has 0 aliphatic carbocycles. The number of nitrogens with zero attached hydrogens (tertiary/aromatic N) is 1. The van der Waals surface area contributed by atoms with Gasteiger partial charge in [0.05, 0.1) is 10.7 Å². The van der Waals surface area contributed by atoms with Gasteiger partial charge >= 0.3 is 0 Å². The molecular weight excluding hydrogens is 330 g/mol. The first-order valence-electron chi connectivity index (χ1n) is 7.98. The Morgan fingerprint density at radius 3 is 2.62 bits per heavy atom. The Labute approximate surface area is 146 Å². The van der Waals surface area contributed by atoms with Gasteiger partial charge in [-0.2, -0.15) is 0 Å². The summed E-state index contributed by atoms with van der Waals surface area (Å²) < 4.78 is 0. The third-order valence-electron chi connectivity index (χ3n) is 4.05. The first-order chi connectivity index (χ1) is 11.3. The number of hydrogen-bond donors (Lipinski definition) is 2. The number of anilines is 1. The molecule has 6 nitrogen and oxygen atoms in total. The molecule has 1 aliphatic rings. The van der Waals surface area contributed by atoms with Crippen molar-refractivity contribution in [1.29, 1.82) is 0 Å². The zero-order chi connectivity index (χ0) is 17.9. The van der Waals surface area contributed by atoms with Crippen LogP contribution in [0.15, 0.2) is 18.2 Å². The second kappa shape index (κ2) is 7.66. The largest absolute Gasteiger partial charge is 0.355 e. The fraction of sp³-hybridized carbons (Fsp3) is 0.471. The SMILES string of the molecule is CNC(=O)c1ccc(Cl)c(NC(=O)C2CCCN2C(=O)C(C)C)c1. The molecule has 0 radical (unpaired) electrons. The van der Waals surface area contributed by atoms with Crippen LogP contribution < -0.4 is 10.6 Å². The third kappa shape index (κ3) is 3.87. The van der Waals surface area contributed by atoms with E-state index in [9.17, 15) is 14.4 Å². The number of benzene rings is 1. The monoisotopic (exact) mass is 351 g/mol. The van der Waals surface area contributed by atoms with Crippen LogP contribution in [-0.4, -0.2) is 42.3 Å². The Morgan fingerprint density at radius 2 is 2.00 bits per heavy atom. The van der Waals surface area contributed by atoms with Crippen molar-refractivity contribution in [1.82, 2.24) is 10.2 Å². The van der Waals surface area contributed by atoms with E-state index in [0.717, 1.165) is 6.42 Å². The summed E-state index contributed by atoms with van der Waals surface area (Å²) in [6, 6.07) is 4.18. The second-order valence-electron chi connectivity index (χ2n) is 6.11. The number of hydrogen-bond acceptors (Lipinski definition) is 3. The Bertz CT molecular complexity index is 660. The van der Waals surface area contributed by atoms with Crippen molar-refractivity contribution in [2.45, 2.75) is 32.7 Å². The van der Waals surface area contributed by atoms with E-state index >= 15 is 0 Å².